The third-order valence-corrected chi connectivity index (χ3v) is 5.28. The molecule has 0 spiro atoms. The third-order valence-electron chi connectivity index (χ3n) is 5.06. The van der Waals surface area contributed by atoms with Crippen LogP contribution in [-0.2, 0) is 19.5 Å². The van der Waals surface area contributed by atoms with Gasteiger partial charge in [-0.3, -0.25) is 9.89 Å². The van der Waals surface area contributed by atoms with Crippen molar-refractivity contribution in [2.75, 3.05) is 26.7 Å². The third kappa shape index (κ3) is 6.80. The molecule has 2 N–H and O–H groups in total. The van der Waals surface area contributed by atoms with Crippen LogP contribution in [0.15, 0.2) is 47.6 Å². The lowest BCUT2D eigenvalue weighted by Gasteiger charge is -2.26. The van der Waals surface area contributed by atoms with Gasteiger partial charge in [0.1, 0.15) is 5.15 Å². The van der Waals surface area contributed by atoms with Gasteiger partial charge in [0.25, 0.3) is 0 Å². The van der Waals surface area contributed by atoms with Gasteiger partial charge < -0.3 is 10.6 Å². The normalized spacial score (nSPS) is 15.4. The Morgan fingerprint density at radius 3 is 2.39 bits per heavy atom. The van der Waals surface area contributed by atoms with E-state index >= 15 is 0 Å². The minimum Gasteiger partial charge on any atom is -0.356 e. The van der Waals surface area contributed by atoms with Crippen molar-refractivity contribution in [2.45, 2.75) is 38.8 Å². The van der Waals surface area contributed by atoms with Crippen molar-refractivity contribution in [1.29, 1.82) is 0 Å². The summed E-state index contributed by atoms with van der Waals surface area (Å²) in [5.74, 6) is 0.805. The first-order valence-electron chi connectivity index (χ1n) is 10.1. The number of aliphatic imine (C=N–C) groups is 1. The minimum absolute atomic E-state index is 0.524. The molecule has 5 nitrogen and oxygen atoms in total. The summed E-state index contributed by atoms with van der Waals surface area (Å²) in [6, 6.07) is 12.7. The Labute approximate surface area is 173 Å². The van der Waals surface area contributed by atoms with Crippen molar-refractivity contribution in [3.8, 4) is 0 Å². The highest BCUT2D eigenvalue weighted by Crippen LogP contribution is 2.13. The van der Waals surface area contributed by atoms with Crippen LogP contribution >= 0.6 is 11.6 Å². The van der Waals surface area contributed by atoms with Gasteiger partial charge in [0.15, 0.2) is 5.96 Å². The van der Waals surface area contributed by atoms with E-state index in [0.717, 1.165) is 37.6 Å². The molecule has 0 atom stereocenters. The molecule has 3 rings (SSSR count). The van der Waals surface area contributed by atoms with Crippen LogP contribution in [0.3, 0.4) is 0 Å². The lowest BCUT2D eigenvalue weighted by molar-refractivity contribution is 0.221. The highest BCUT2D eigenvalue weighted by molar-refractivity contribution is 6.29. The number of benzene rings is 1. The van der Waals surface area contributed by atoms with E-state index in [-0.39, 0.29) is 0 Å². The van der Waals surface area contributed by atoms with E-state index in [9.17, 15) is 0 Å². The first kappa shape index (κ1) is 20.6. The molecule has 2 aromatic rings. The van der Waals surface area contributed by atoms with Crippen molar-refractivity contribution >= 4 is 17.6 Å². The Bertz CT molecular complexity index is 737. The molecule has 0 saturated carbocycles. The number of pyridine rings is 1. The zero-order valence-electron chi connectivity index (χ0n) is 16.6. The first-order chi connectivity index (χ1) is 13.7. The van der Waals surface area contributed by atoms with E-state index in [1.807, 2.05) is 18.3 Å². The molecule has 1 aromatic heterocycles. The van der Waals surface area contributed by atoms with Gasteiger partial charge in [-0.2, -0.15) is 0 Å². The molecule has 0 unspecified atom stereocenters. The smallest absolute Gasteiger partial charge is 0.191 e. The van der Waals surface area contributed by atoms with E-state index in [2.05, 4.69) is 49.8 Å². The van der Waals surface area contributed by atoms with Crippen molar-refractivity contribution < 1.29 is 0 Å². The molecular formula is C22H30ClN5. The van der Waals surface area contributed by atoms with Crippen LogP contribution in [0.2, 0.25) is 5.15 Å². The SMILES string of the molecule is CN=C(NCCc1ccc(Cl)nc1)NCc1ccc(CN2CCCCC2)cc1. The number of hydrogen-bond acceptors (Lipinski definition) is 3. The zero-order chi connectivity index (χ0) is 19.6. The lowest BCUT2D eigenvalue weighted by atomic mass is 10.1. The van der Waals surface area contributed by atoms with Crippen molar-refractivity contribution in [2.24, 2.45) is 4.99 Å². The number of likely N-dealkylation sites (tertiary alicyclic amines) is 1. The largest absolute Gasteiger partial charge is 0.356 e. The van der Waals surface area contributed by atoms with Crippen LogP contribution in [0.5, 0.6) is 0 Å². The molecule has 6 heteroatoms. The molecule has 1 aliphatic heterocycles. The van der Waals surface area contributed by atoms with Gasteiger partial charge >= 0.3 is 0 Å². The molecular weight excluding hydrogens is 370 g/mol. The zero-order valence-corrected chi connectivity index (χ0v) is 17.4. The second-order valence-corrected chi connectivity index (χ2v) is 7.63. The van der Waals surface area contributed by atoms with Crippen LogP contribution in [0.1, 0.15) is 36.0 Å². The van der Waals surface area contributed by atoms with Crippen LogP contribution < -0.4 is 10.6 Å². The number of nitrogens with zero attached hydrogens (tertiary/aromatic N) is 3. The fourth-order valence-corrected chi connectivity index (χ4v) is 3.54. The maximum atomic E-state index is 5.82. The van der Waals surface area contributed by atoms with E-state index in [4.69, 9.17) is 11.6 Å². The number of aromatic nitrogens is 1. The second-order valence-electron chi connectivity index (χ2n) is 7.25. The average molecular weight is 400 g/mol. The average Bonchev–Trinajstić information content (AvgIpc) is 2.74. The highest BCUT2D eigenvalue weighted by atomic mass is 35.5. The summed E-state index contributed by atoms with van der Waals surface area (Å²) >= 11 is 5.82. The van der Waals surface area contributed by atoms with Gasteiger partial charge in [-0.25, -0.2) is 4.98 Å². The van der Waals surface area contributed by atoms with E-state index in [1.165, 1.54) is 43.5 Å². The second kappa shape index (κ2) is 11.0. The van der Waals surface area contributed by atoms with E-state index in [0.29, 0.717) is 5.15 Å². The van der Waals surface area contributed by atoms with Gasteiger partial charge in [0, 0.05) is 32.9 Å². The van der Waals surface area contributed by atoms with Gasteiger partial charge in [-0.05, 0) is 55.1 Å². The number of hydrogen-bond donors (Lipinski definition) is 2. The Morgan fingerprint density at radius 2 is 1.71 bits per heavy atom. The van der Waals surface area contributed by atoms with Crippen molar-refractivity contribution in [3.05, 3.63) is 64.4 Å². The molecule has 0 radical (unpaired) electrons. The number of guanidine groups is 1. The van der Waals surface area contributed by atoms with Crippen LogP contribution in [0.4, 0.5) is 0 Å². The fraction of sp³-hybridized carbons (Fsp3) is 0.455. The van der Waals surface area contributed by atoms with Gasteiger partial charge in [0.2, 0.25) is 0 Å². The number of piperidine rings is 1. The molecule has 0 amide bonds. The fourth-order valence-electron chi connectivity index (χ4n) is 3.42. The van der Waals surface area contributed by atoms with E-state index in [1.54, 1.807) is 7.05 Å². The van der Waals surface area contributed by atoms with Crippen molar-refractivity contribution in [3.63, 3.8) is 0 Å². The van der Waals surface area contributed by atoms with Crippen LogP contribution in [0.25, 0.3) is 0 Å². The summed E-state index contributed by atoms with van der Waals surface area (Å²) in [5, 5.41) is 7.24. The summed E-state index contributed by atoms with van der Waals surface area (Å²) in [4.78, 5) is 11.0. The molecule has 1 fully saturated rings. The summed E-state index contributed by atoms with van der Waals surface area (Å²) in [7, 11) is 1.79. The Balaban J connectivity index is 1.39. The Morgan fingerprint density at radius 1 is 1.00 bits per heavy atom. The number of rotatable bonds is 7. The predicted molar refractivity (Wildman–Crippen MR) is 117 cm³/mol. The molecule has 2 heterocycles. The molecule has 0 bridgehead atoms. The van der Waals surface area contributed by atoms with E-state index < -0.39 is 0 Å². The Hall–Kier alpha value is -2.11. The monoisotopic (exact) mass is 399 g/mol. The maximum Gasteiger partial charge on any atom is 0.191 e. The summed E-state index contributed by atoms with van der Waals surface area (Å²) < 4.78 is 0. The van der Waals surface area contributed by atoms with Crippen molar-refractivity contribution in [1.82, 2.24) is 20.5 Å². The standard InChI is InChI=1S/C22H30ClN5/c1-24-22(25-12-11-19-9-10-21(23)26-15-19)27-16-18-5-7-20(8-6-18)17-28-13-3-2-4-14-28/h5-10,15H,2-4,11-14,16-17H2,1H3,(H2,24,25,27). The lowest BCUT2D eigenvalue weighted by Crippen LogP contribution is -2.37. The first-order valence-corrected chi connectivity index (χ1v) is 10.5. The maximum absolute atomic E-state index is 5.82. The van der Waals surface area contributed by atoms with Gasteiger partial charge in [-0.15, -0.1) is 0 Å². The van der Waals surface area contributed by atoms with Gasteiger partial charge in [-0.1, -0.05) is 48.4 Å². The summed E-state index contributed by atoms with van der Waals surface area (Å²) in [6.07, 6.45) is 6.74. The molecule has 1 aromatic carbocycles. The quantitative estimate of drug-likeness (QED) is 0.424. The molecule has 1 saturated heterocycles. The van der Waals surface area contributed by atoms with Gasteiger partial charge in [0.05, 0.1) is 0 Å². The van der Waals surface area contributed by atoms with Crippen LogP contribution in [-0.4, -0.2) is 42.5 Å². The number of halogens is 1. The summed E-state index contributed by atoms with van der Waals surface area (Å²) in [5.41, 5.74) is 3.80. The molecule has 150 valence electrons. The topological polar surface area (TPSA) is 52.6 Å². The Kier molecular flexibility index (Phi) is 8.12. The molecule has 28 heavy (non-hydrogen) atoms. The highest BCUT2D eigenvalue weighted by Gasteiger charge is 2.10. The molecule has 0 aliphatic carbocycles. The predicted octanol–water partition coefficient (Wildman–Crippen LogP) is 3.63. The van der Waals surface area contributed by atoms with Crippen LogP contribution in [0, 0.1) is 0 Å². The molecule has 1 aliphatic rings. The minimum atomic E-state index is 0.524. The number of nitrogens with one attached hydrogen (secondary N) is 2. The summed E-state index contributed by atoms with van der Waals surface area (Å²) in [6.45, 7) is 5.08.